The van der Waals surface area contributed by atoms with Crippen molar-refractivity contribution in [1.82, 2.24) is 9.97 Å². The number of phenolic OH excluding ortho intramolecular Hbond substituents is 2. The predicted octanol–water partition coefficient (Wildman–Crippen LogP) is 7.98. The summed E-state index contributed by atoms with van der Waals surface area (Å²) in [5.74, 6) is 0.184. The van der Waals surface area contributed by atoms with Gasteiger partial charge in [0.25, 0.3) is 0 Å². The average Bonchev–Trinajstić information content (AvgIpc) is 3.58. The molecule has 0 atom stereocenters. The number of anilines is 2. The van der Waals surface area contributed by atoms with E-state index in [9.17, 15) is 10.2 Å². The highest BCUT2D eigenvalue weighted by atomic mass is 32.1. The summed E-state index contributed by atoms with van der Waals surface area (Å²) in [6.45, 7) is 0. The third-order valence-electron chi connectivity index (χ3n) is 5.77. The van der Waals surface area contributed by atoms with Crippen LogP contribution in [-0.4, -0.2) is 20.2 Å². The van der Waals surface area contributed by atoms with Gasteiger partial charge in [0.2, 0.25) is 10.3 Å². The molecule has 0 aliphatic rings. The molecule has 2 heterocycles. The number of nitrogen functional groups attached to an aromatic ring is 2. The molecule has 0 bridgehead atoms. The van der Waals surface area contributed by atoms with Gasteiger partial charge in [-0.05, 0) is 36.4 Å². The van der Waals surface area contributed by atoms with E-state index in [1.807, 2.05) is 12.1 Å². The van der Waals surface area contributed by atoms with Crippen LogP contribution >= 0.6 is 22.7 Å². The number of aromatic hydroxyl groups is 2. The van der Waals surface area contributed by atoms with Crippen molar-refractivity contribution >= 4 is 77.2 Å². The van der Waals surface area contributed by atoms with Gasteiger partial charge in [-0.15, -0.1) is 20.5 Å². The summed E-state index contributed by atoms with van der Waals surface area (Å²) < 4.78 is 0. The lowest BCUT2D eigenvalue weighted by Crippen LogP contribution is -1.87. The first-order valence-corrected chi connectivity index (χ1v) is 12.9. The number of nitrogens with two attached hydrogens (primary N) is 2. The van der Waals surface area contributed by atoms with Crippen LogP contribution in [0.25, 0.3) is 31.3 Å². The topological polar surface area (TPSA) is 168 Å². The summed E-state index contributed by atoms with van der Waals surface area (Å²) >= 11 is 2.72. The molecule has 0 saturated heterocycles. The zero-order valence-corrected chi connectivity index (χ0v) is 21.1. The van der Waals surface area contributed by atoms with Crippen LogP contribution in [0, 0.1) is 0 Å². The molecular weight excluding hydrogens is 520 g/mol. The maximum atomic E-state index is 10.2. The van der Waals surface area contributed by atoms with Crippen molar-refractivity contribution in [3.63, 3.8) is 0 Å². The SMILES string of the molecule is Nc1ccc(/N=N/c2ncc(-c3cnc(/N=N/c4ccc(N)c5c(O)cccc45)s3)s2)c2cccc(O)c12. The molecule has 0 spiro atoms. The normalized spacial score (nSPS) is 11.9. The number of benzene rings is 4. The first kappa shape index (κ1) is 23.5. The number of thiazole rings is 2. The lowest BCUT2D eigenvalue weighted by Gasteiger charge is -2.06. The number of hydrogen-bond donors (Lipinski definition) is 4. The van der Waals surface area contributed by atoms with Gasteiger partial charge in [-0.3, -0.25) is 0 Å². The molecular formula is C26H18N8O2S2. The Balaban J connectivity index is 1.23. The van der Waals surface area contributed by atoms with Gasteiger partial charge < -0.3 is 21.7 Å². The Morgan fingerprint density at radius 3 is 1.47 bits per heavy atom. The minimum absolute atomic E-state index is 0.0921. The number of phenols is 2. The molecule has 186 valence electrons. The van der Waals surface area contributed by atoms with Gasteiger partial charge in [0.1, 0.15) is 11.5 Å². The van der Waals surface area contributed by atoms with Crippen LogP contribution in [0.15, 0.2) is 93.5 Å². The number of hydrogen-bond acceptors (Lipinski definition) is 12. The first-order valence-electron chi connectivity index (χ1n) is 11.2. The Morgan fingerprint density at radius 1 is 0.579 bits per heavy atom. The number of aromatic nitrogens is 2. The second-order valence-corrected chi connectivity index (χ2v) is 10.2. The van der Waals surface area contributed by atoms with E-state index in [4.69, 9.17) is 11.5 Å². The molecule has 10 nitrogen and oxygen atoms in total. The third-order valence-corrected chi connectivity index (χ3v) is 7.73. The van der Waals surface area contributed by atoms with Gasteiger partial charge in [0.05, 0.1) is 21.1 Å². The number of nitrogens with zero attached hydrogens (tertiary/aromatic N) is 6. The van der Waals surface area contributed by atoms with Crippen LogP contribution < -0.4 is 11.5 Å². The molecule has 0 aliphatic heterocycles. The van der Waals surface area contributed by atoms with E-state index in [1.54, 1.807) is 60.9 Å². The van der Waals surface area contributed by atoms with Gasteiger partial charge in [0, 0.05) is 45.3 Å². The summed E-state index contributed by atoms with van der Waals surface area (Å²) in [5.41, 5.74) is 14.1. The second-order valence-electron chi connectivity index (χ2n) is 8.16. The van der Waals surface area contributed by atoms with E-state index in [2.05, 4.69) is 30.4 Å². The summed E-state index contributed by atoms with van der Waals surface area (Å²) in [6.07, 6.45) is 3.41. The smallest absolute Gasteiger partial charge is 0.230 e. The van der Waals surface area contributed by atoms with Crippen LogP contribution in [0.2, 0.25) is 0 Å². The molecule has 0 saturated carbocycles. The van der Waals surface area contributed by atoms with E-state index in [1.165, 1.54) is 22.7 Å². The fraction of sp³-hybridized carbons (Fsp3) is 0. The molecule has 12 heteroatoms. The Kier molecular flexibility index (Phi) is 5.86. The highest BCUT2D eigenvalue weighted by molar-refractivity contribution is 7.25. The van der Waals surface area contributed by atoms with Gasteiger partial charge in [-0.2, -0.15) is 0 Å². The molecule has 2 aromatic heterocycles. The Bertz CT molecular complexity index is 1740. The maximum absolute atomic E-state index is 10.2. The summed E-state index contributed by atoms with van der Waals surface area (Å²) in [7, 11) is 0. The van der Waals surface area contributed by atoms with E-state index in [0.29, 0.717) is 54.6 Å². The number of fused-ring (bicyclic) bond motifs is 2. The van der Waals surface area contributed by atoms with Crippen LogP contribution in [0.4, 0.5) is 33.0 Å². The molecule has 6 N–H and O–H groups in total. The fourth-order valence-corrected chi connectivity index (χ4v) is 5.55. The van der Waals surface area contributed by atoms with Crippen molar-refractivity contribution in [2.45, 2.75) is 0 Å². The minimum Gasteiger partial charge on any atom is -0.507 e. The van der Waals surface area contributed by atoms with E-state index >= 15 is 0 Å². The Hall–Kier alpha value is -4.94. The summed E-state index contributed by atoms with van der Waals surface area (Å²) in [6, 6.07) is 17.2. The molecule has 38 heavy (non-hydrogen) atoms. The van der Waals surface area contributed by atoms with Gasteiger partial charge in [0.15, 0.2) is 0 Å². The van der Waals surface area contributed by atoms with Crippen LogP contribution in [0.3, 0.4) is 0 Å². The zero-order valence-electron chi connectivity index (χ0n) is 19.5. The summed E-state index contributed by atoms with van der Waals surface area (Å²) in [4.78, 5) is 10.4. The second kappa shape index (κ2) is 9.50. The van der Waals surface area contributed by atoms with Crippen LogP contribution in [-0.2, 0) is 0 Å². The molecule has 0 amide bonds. The van der Waals surface area contributed by atoms with Crippen LogP contribution in [0.5, 0.6) is 11.5 Å². The Labute approximate surface area is 223 Å². The quantitative estimate of drug-likeness (QED) is 0.128. The third kappa shape index (κ3) is 4.27. The highest BCUT2D eigenvalue weighted by Gasteiger charge is 2.11. The van der Waals surface area contributed by atoms with Crippen molar-refractivity contribution in [1.29, 1.82) is 0 Å². The van der Waals surface area contributed by atoms with Crippen LogP contribution in [0.1, 0.15) is 0 Å². The minimum atomic E-state index is 0.0921. The van der Waals surface area contributed by atoms with Gasteiger partial charge >= 0.3 is 0 Å². The summed E-state index contributed by atoms with van der Waals surface area (Å²) in [5, 5.41) is 41.0. The zero-order chi connectivity index (χ0) is 26.2. The van der Waals surface area contributed by atoms with Crippen molar-refractivity contribution in [3.8, 4) is 21.3 Å². The van der Waals surface area contributed by atoms with Gasteiger partial charge in [-0.25, -0.2) is 9.97 Å². The Morgan fingerprint density at radius 2 is 1.03 bits per heavy atom. The molecule has 6 aromatic rings. The highest BCUT2D eigenvalue weighted by Crippen LogP contribution is 2.40. The van der Waals surface area contributed by atoms with Crippen molar-refractivity contribution in [2.75, 3.05) is 11.5 Å². The first-order chi connectivity index (χ1) is 18.5. The van der Waals surface area contributed by atoms with Crippen molar-refractivity contribution in [3.05, 3.63) is 73.1 Å². The fourth-order valence-electron chi connectivity index (χ4n) is 4.02. The molecule has 4 aromatic carbocycles. The lowest BCUT2D eigenvalue weighted by atomic mass is 10.1. The molecule has 0 fully saturated rings. The molecule has 6 rings (SSSR count). The van der Waals surface area contributed by atoms with Crippen molar-refractivity contribution in [2.24, 2.45) is 20.5 Å². The van der Waals surface area contributed by atoms with E-state index < -0.39 is 0 Å². The maximum Gasteiger partial charge on any atom is 0.230 e. The molecule has 0 unspecified atom stereocenters. The van der Waals surface area contributed by atoms with Crippen molar-refractivity contribution < 1.29 is 10.2 Å². The molecule has 0 radical (unpaired) electrons. The van der Waals surface area contributed by atoms with E-state index in [0.717, 1.165) is 9.75 Å². The monoisotopic (exact) mass is 538 g/mol. The number of azo groups is 2. The lowest BCUT2D eigenvalue weighted by molar-refractivity contribution is 0.481. The average molecular weight is 539 g/mol. The largest absolute Gasteiger partial charge is 0.507 e. The van der Waals surface area contributed by atoms with Gasteiger partial charge in [-0.1, -0.05) is 46.9 Å². The van der Waals surface area contributed by atoms with E-state index in [-0.39, 0.29) is 11.5 Å². The predicted molar refractivity (Wildman–Crippen MR) is 152 cm³/mol. The molecule has 0 aliphatic carbocycles. The standard InChI is InChI=1S/C26H18N8O2S2/c27-15-7-9-17(13-3-1-5-19(35)23(13)15)31-33-25-29-11-21(37-25)22-12-30-26(38-22)34-32-18-10-8-16(28)24-14(18)4-2-6-20(24)36/h1-12,35-36H,27-28H2/b33-31+,34-32+. The number of rotatable bonds is 5.